The van der Waals surface area contributed by atoms with E-state index in [1.54, 1.807) is 12.1 Å². The number of benzene rings is 2. The summed E-state index contributed by atoms with van der Waals surface area (Å²) >= 11 is 0. The van der Waals surface area contributed by atoms with Gasteiger partial charge >= 0.3 is 6.09 Å². The minimum Gasteiger partial charge on any atom is -0.445 e. The van der Waals surface area contributed by atoms with Crippen molar-refractivity contribution in [2.75, 3.05) is 6.54 Å². The number of hydrogen-bond acceptors (Lipinski definition) is 4. The molecule has 6 heteroatoms. The van der Waals surface area contributed by atoms with E-state index in [9.17, 15) is 14.9 Å². The number of carbonyl (C=O) groups is 1. The Labute approximate surface area is 140 Å². The smallest absolute Gasteiger partial charge is 0.407 e. The van der Waals surface area contributed by atoms with Crippen molar-refractivity contribution in [1.29, 1.82) is 0 Å². The molecule has 1 amide bonds. The zero-order valence-electron chi connectivity index (χ0n) is 13.3. The van der Waals surface area contributed by atoms with Crippen molar-refractivity contribution in [2.45, 2.75) is 25.9 Å². The number of carbonyl (C=O) groups excluding carboxylic acids is 1. The maximum absolute atomic E-state index is 11.6. The fourth-order valence-corrected chi connectivity index (χ4v) is 2.20. The minimum atomic E-state index is -0.422. The molecule has 0 fully saturated rings. The molecule has 0 aliphatic heterocycles. The third kappa shape index (κ3) is 6.08. The van der Waals surface area contributed by atoms with Gasteiger partial charge in [0.1, 0.15) is 6.61 Å². The molecule has 0 spiro atoms. The SMILES string of the molecule is O=C(NCCCCc1ccc([N+](=O)[O-])cc1)OCc1ccccc1. The Morgan fingerprint density at radius 3 is 2.38 bits per heavy atom. The summed E-state index contributed by atoms with van der Waals surface area (Å²) < 4.78 is 5.11. The number of rotatable bonds is 8. The largest absolute Gasteiger partial charge is 0.445 e. The second kappa shape index (κ2) is 9.29. The first-order chi connectivity index (χ1) is 11.6. The van der Waals surface area contributed by atoms with Gasteiger partial charge in [-0.15, -0.1) is 0 Å². The van der Waals surface area contributed by atoms with E-state index in [1.807, 2.05) is 30.3 Å². The molecule has 0 aliphatic rings. The fourth-order valence-electron chi connectivity index (χ4n) is 2.20. The van der Waals surface area contributed by atoms with Crippen molar-refractivity contribution in [3.63, 3.8) is 0 Å². The molecule has 1 N–H and O–H groups in total. The summed E-state index contributed by atoms with van der Waals surface area (Å²) in [6.07, 6.45) is 2.10. The quantitative estimate of drug-likeness (QED) is 0.453. The van der Waals surface area contributed by atoms with E-state index in [0.717, 1.165) is 30.4 Å². The van der Waals surface area contributed by atoms with Crippen LogP contribution in [0, 0.1) is 10.1 Å². The molecule has 126 valence electrons. The summed E-state index contributed by atoms with van der Waals surface area (Å²) in [5.41, 5.74) is 2.10. The fraction of sp³-hybridized carbons (Fsp3) is 0.278. The van der Waals surface area contributed by atoms with Gasteiger partial charge in [0.25, 0.3) is 5.69 Å². The predicted octanol–water partition coefficient (Wildman–Crippen LogP) is 3.84. The van der Waals surface area contributed by atoms with Gasteiger partial charge < -0.3 is 10.1 Å². The van der Waals surface area contributed by atoms with Crippen molar-refractivity contribution in [1.82, 2.24) is 5.32 Å². The molecule has 0 radical (unpaired) electrons. The molecule has 2 aromatic rings. The Bertz CT molecular complexity index is 656. The summed E-state index contributed by atoms with van der Waals surface area (Å²) in [7, 11) is 0. The molecule has 0 aliphatic carbocycles. The molecular formula is C18H20N2O4. The van der Waals surface area contributed by atoms with Crippen LogP contribution >= 0.6 is 0 Å². The lowest BCUT2D eigenvalue weighted by molar-refractivity contribution is -0.384. The van der Waals surface area contributed by atoms with Crippen LogP contribution in [0.2, 0.25) is 0 Å². The first-order valence-electron chi connectivity index (χ1n) is 7.83. The number of ether oxygens (including phenoxy) is 1. The average molecular weight is 328 g/mol. The first kappa shape index (κ1) is 17.5. The van der Waals surface area contributed by atoms with Crippen molar-refractivity contribution in [3.8, 4) is 0 Å². The van der Waals surface area contributed by atoms with Gasteiger partial charge in [0.05, 0.1) is 4.92 Å². The van der Waals surface area contributed by atoms with Crippen molar-refractivity contribution >= 4 is 11.8 Å². The van der Waals surface area contributed by atoms with Gasteiger partial charge in [0.2, 0.25) is 0 Å². The summed E-state index contributed by atoms with van der Waals surface area (Å²) in [5, 5.41) is 13.3. The summed E-state index contributed by atoms with van der Waals surface area (Å²) in [6.45, 7) is 0.802. The van der Waals surface area contributed by atoms with E-state index in [4.69, 9.17) is 4.74 Å². The van der Waals surface area contributed by atoms with Crippen LogP contribution in [0.1, 0.15) is 24.0 Å². The molecule has 2 rings (SSSR count). The van der Waals surface area contributed by atoms with Gasteiger partial charge in [-0.2, -0.15) is 0 Å². The van der Waals surface area contributed by atoms with Crippen LogP contribution in [-0.4, -0.2) is 17.6 Å². The maximum Gasteiger partial charge on any atom is 0.407 e. The van der Waals surface area contributed by atoms with Gasteiger partial charge in [0.15, 0.2) is 0 Å². The second-order valence-corrected chi connectivity index (χ2v) is 5.37. The molecule has 6 nitrogen and oxygen atoms in total. The van der Waals surface area contributed by atoms with Gasteiger partial charge in [-0.25, -0.2) is 4.79 Å². The average Bonchev–Trinajstić information content (AvgIpc) is 2.61. The summed E-state index contributed by atoms with van der Waals surface area (Å²) in [4.78, 5) is 21.7. The zero-order chi connectivity index (χ0) is 17.2. The van der Waals surface area contributed by atoms with Gasteiger partial charge in [0, 0.05) is 18.7 Å². The van der Waals surface area contributed by atoms with Crippen LogP contribution in [0.3, 0.4) is 0 Å². The summed E-state index contributed by atoms with van der Waals surface area (Å²) in [6, 6.07) is 16.1. The van der Waals surface area contributed by atoms with E-state index < -0.39 is 11.0 Å². The third-order valence-corrected chi connectivity index (χ3v) is 3.52. The summed E-state index contributed by atoms with van der Waals surface area (Å²) in [5.74, 6) is 0. The number of unbranched alkanes of at least 4 members (excludes halogenated alkanes) is 1. The van der Waals surface area contributed by atoms with Crippen LogP contribution in [-0.2, 0) is 17.8 Å². The highest BCUT2D eigenvalue weighted by atomic mass is 16.6. The Kier molecular flexibility index (Phi) is 6.76. The number of hydrogen-bond donors (Lipinski definition) is 1. The Morgan fingerprint density at radius 2 is 1.71 bits per heavy atom. The molecule has 2 aromatic carbocycles. The van der Waals surface area contributed by atoms with Crippen LogP contribution in [0.4, 0.5) is 10.5 Å². The van der Waals surface area contributed by atoms with Crippen molar-refractivity contribution in [2.24, 2.45) is 0 Å². The number of aryl methyl sites for hydroxylation is 1. The number of amides is 1. The van der Waals surface area contributed by atoms with E-state index in [0.29, 0.717) is 6.54 Å². The Morgan fingerprint density at radius 1 is 1.00 bits per heavy atom. The second-order valence-electron chi connectivity index (χ2n) is 5.37. The first-order valence-corrected chi connectivity index (χ1v) is 7.83. The van der Waals surface area contributed by atoms with E-state index >= 15 is 0 Å². The molecule has 0 heterocycles. The normalized spacial score (nSPS) is 10.2. The number of nitro groups is 1. The highest BCUT2D eigenvalue weighted by Gasteiger charge is 2.04. The zero-order valence-corrected chi connectivity index (χ0v) is 13.3. The van der Waals surface area contributed by atoms with E-state index in [-0.39, 0.29) is 12.3 Å². The molecule has 24 heavy (non-hydrogen) atoms. The number of nitrogens with one attached hydrogen (secondary N) is 1. The lowest BCUT2D eigenvalue weighted by atomic mass is 10.1. The number of nitro benzene ring substituents is 1. The van der Waals surface area contributed by atoms with Gasteiger partial charge in [-0.05, 0) is 30.4 Å². The Balaban J connectivity index is 1.57. The van der Waals surface area contributed by atoms with Crippen molar-refractivity contribution < 1.29 is 14.5 Å². The molecule has 0 saturated carbocycles. The van der Waals surface area contributed by atoms with Crippen LogP contribution in [0.15, 0.2) is 54.6 Å². The van der Waals surface area contributed by atoms with E-state index in [2.05, 4.69) is 5.32 Å². The third-order valence-electron chi connectivity index (χ3n) is 3.52. The predicted molar refractivity (Wildman–Crippen MR) is 90.7 cm³/mol. The minimum absolute atomic E-state index is 0.0987. The van der Waals surface area contributed by atoms with Crippen LogP contribution in [0.5, 0.6) is 0 Å². The molecular weight excluding hydrogens is 308 g/mol. The van der Waals surface area contributed by atoms with Crippen molar-refractivity contribution in [3.05, 3.63) is 75.8 Å². The molecule has 0 saturated heterocycles. The van der Waals surface area contributed by atoms with Gasteiger partial charge in [-0.1, -0.05) is 42.5 Å². The molecule has 0 bridgehead atoms. The highest BCUT2D eigenvalue weighted by molar-refractivity contribution is 5.67. The van der Waals surface area contributed by atoms with Crippen LogP contribution < -0.4 is 5.32 Å². The topological polar surface area (TPSA) is 81.5 Å². The standard InChI is InChI=1S/C18H20N2O4/c21-18(24-14-16-7-2-1-3-8-16)19-13-5-4-6-15-9-11-17(12-10-15)20(22)23/h1-3,7-12H,4-6,13-14H2,(H,19,21). The number of non-ortho nitro benzene ring substituents is 1. The Hall–Kier alpha value is -2.89. The van der Waals surface area contributed by atoms with E-state index in [1.165, 1.54) is 12.1 Å². The number of nitrogens with zero attached hydrogens (tertiary/aromatic N) is 1. The van der Waals surface area contributed by atoms with Crippen LogP contribution in [0.25, 0.3) is 0 Å². The molecule has 0 aromatic heterocycles. The van der Waals surface area contributed by atoms with Gasteiger partial charge in [-0.3, -0.25) is 10.1 Å². The highest BCUT2D eigenvalue weighted by Crippen LogP contribution is 2.13. The maximum atomic E-state index is 11.6. The molecule has 0 unspecified atom stereocenters. The lowest BCUT2D eigenvalue weighted by Gasteiger charge is -2.07. The number of alkyl carbamates (subject to hydrolysis) is 1. The molecule has 0 atom stereocenters. The monoisotopic (exact) mass is 328 g/mol. The lowest BCUT2D eigenvalue weighted by Crippen LogP contribution is -2.25.